The molecule has 0 aromatic heterocycles. The first-order chi connectivity index (χ1) is 8.24. The van der Waals surface area contributed by atoms with Crippen molar-refractivity contribution in [2.75, 3.05) is 13.2 Å². The molecule has 2 unspecified atom stereocenters. The van der Waals surface area contributed by atoms with E-state index >= 15 is 0 Å². The summed E-state index contributed by atoms with van der Waals surface area (Å²) in [5, 5.41) is 13.0. The Hall–Kier alpha value is -1.22. The monoisotopic (exact) mass is 233 g/mol. The zero-order valence-electron chi connectivity index (χ0n) is 10.1. The molecular formula is C14H19NO2. The number of phenols is 1. The number of phenolic OH excluding ortho intramolecular Hbond substituents is 1. The Balaban J connectivity index is 1.62. The standard InChI is InChI=1S/C14H19NO2/c1-9(10-2-3-10)7-15-13-8-17-14-6-11(16)4-5-12(13)14/h4-6,9-10,13,15-16H,2-3,7-8H2,1H3. The normalized spacial score (nSPS) is 24.2. The third-order valence-electron chi connectivity index (χ3n) is 3.89. The van der Waals surface area contributed by atoms with Crippen LogP contribution in [0.15, 0.2) is 18.2 Å². The fourth-order valence-corrected chi connectivity index (χ4v) is 2.53. The van der Waals surface area contributed by atoms with E-state index in [2.05, 4.69) is 12.2 Å². The number of rotatable bonds is 4. The maximum Gasteiger partial charge on any atom is 0.127 e. The first-order valence-electron chi connectivity index (χ1n) is 6.43. The van der Waals surface area contributed by atoms with E-state index in [1.807, 2.05) is 6.07 Å². The fraction of sp³-hybridized carbons (Fsp3) is 0.571. The smallest absolute Gasteiger partial charge is 0.127 e. The van der Waals surface area contributed by atoms with Crippen molar-refractivity contribution < 1.29 is 9.84 Å². The lowest BCUT2D eigenvalue weighted by atomic mass is 10.0. The zero-order valence-corrected chi connectivity index (χ0v) is 10.1. The summed E-state index contributed by atoms with van der Waals surface area (Å²) < 4.78 is 5.58. The number of hydrogen-bond donors (Lipinski definition) is 2. The molecule has 1 aromatic carbocycles. The summed E-state index contributed by atoms with van der Waals surface area (Å²) >= 11 is 0. The molecule has 1 aliphatic heterocycles. The number of ether oxygens (including phenoxy) is 1. The second-order valence-corrected chi connectivity index (χ2v) is 5.31. The molecule has 3 heteroatoms. The van der Waals surface area contributed by atoms with Crippen LogP contribution in [0.2, 0.25) is 0 Å². The van der Waals surface area contributed by atoms with Crippen molar-refractivity contribution in [3.05, 3.63) is 23.8 Å². The molecule has 3 rings (SSSR count). The Labute approximate surface area is 102 Å². The molecule has 3 nitrogen and oxygen atoms in total. The van der Waals surface area contributed by atoms with Gasteiger partial charge in [-0.1, -0.05) is 6.92 Å². The van der Waals surface area contributed by atoms with Gasteiger partial charge in [-0.25, -0.2) is 0 Å². The second-order valence-electron chi connectivity index (χ2n) is 5.31. The largest absolute Gasteiger partial charge is 0.508 e. The molecule has 0 amide bonds. The van der Waals surface area contributed by atoms with E-state index in [9.17, 15) is 5.11 Å². The highest BCUT2D eigenvalue weighted by Gasteiger charge is 2.29. The topological polar surface area (TPSA) is 41.5 Å². The Morgan fingerprint density at radius 2 is 2.29 bits per heavy atom. The quantitative estimate of drug-likeness (QED) is 0.839. The van der Waals surface area contributed by atoms with Crippen LogP contribution in [0, 0.1) is 11.8 Å². The molecule has 0 saturated heterocycles. The Morgan fingerprint density at radius 1 is 1.47 bits per heavy atom. The number of fused-ring (bicyclic) bond motifs is 1. The Morgan fingerprint density at radius 3 is 3.06 bits per heavy atom. The molecule has 1 aromatic rings. The average molecular weight is 233 g/mol. The number of hydrogen-bond acceptors (Lipinski definition) is 3. The molecular weight excluding hydrogens is 214 g/mol. The minimum Gasteiger partial charge on any atom is -0.508 e. The highest BCUT2D eigenvalue weighted by molar-refractivity contribution is 5.44. The van der Waals surface area contributed by atoms with Crippen molar-refractivity contribution in [1.82, 2.24) is 5.32 Å². The van der Waals surface area contributed by atoms with Gasteiger partial charge in [0.15, 0.2) is 0 Å². The van der Waals surface area contributed by atoms with E-state index in [0.717, 1.165) is 24.1 Å². The molecule has 2 atom stereocenters. The summed E-state index contributed by atoms with van der Waals surface area (Å²) in [7, 11) is 0. The SMILES string of the molecule is CC(CNC1COc2cc(O)ccc21)C1CC1. The lowest BCUT2D eigenvalue weighted by Crippen LogP contribution is -2.28. The summed E-state index contributed by atoms with van der Waals surface area (Å²) in [6.07, 6.45) is 2.79. The van der Waals surface area contributed by atoms with Crippen molar-refractivity contribution in [2.45, 2.75) is 25.8 Å². The van der Waals surface area contributed by atoms with Gasteiger partial charge in [0.25, 0.3) is 0 Å². The molecule has 1 saturated carbocycles. The number of benzene rings is 1. The van der Waals surface area contributed by atoms with Gasteiger partial charge in [0, 0.05) is 11.6 Å². The van der Waals surface area contributed by atoms with Crippen molar-refractivity contribution >= 4 is 0 Å². The van der Waals surface area contributed by atoms with Gasteiger partial charge in [0.05, 0.1) is 6.04 Å². The van der Waals surface area contributed by atoms with E-state index < -0.39 is 0 Å². The molecule has 1 aliphatic carbocycles. The van der Waals surface area contributed by atoms with E-state index in [0.29, 0.717) is 6.61 Å². The third kappa shape index (κ3) is 2.25. The van der Waals surface area contributed by atoms with Gasteiger partial charge in [-0.15, -0.1) is 0 Å². The van der Waals surface area contributed by atoms with Gasteiger partial charge >= 0.3 is 0 Å². The summed E-state index contributed by atoms with van der Waals surface area (Å²) in [6, 6.07) is 5.66. The van der Waals surface area contributed by atoms with Crippen molar-refractivity contribution in [3.8, 4) is 11.5 Å². The van der Waals surface area contributed by atoms with Crippen LogP contribution in [0.4, 0.5) is 0 Å². The zero-order chi connectivity index (χ0) is 11.8. The molecule has 92 valence electrons. The maximum absolute atomic E-state index is 9.38. The maximum atomic E-state index is 9.38. The summed E-state index contributed by atoms with van der Waals surface area (Å²) in [5.41, 5.74) is 1.17. The van der Waals surface area contributed by atoms with Gasteiger partial charge < -0.3 is 15.2 Å². The van der Waals surface area contributed by atoms with Crippen LogP contribution in [0.1, 0.15) is 31.4 Å². The van der Waals surface area contributed by atoms with Gasteiger partial charge in [-0.05, 0) is 43.4 Å². The number of nitrogens with one attached hydrogen (secondary N) is 1. The Kier molecular flexibility index (Phi) is 2.71. The first-order valence-corrected chi connectivity index (χ1v) is 6.43. The molecule has 2 N–H and O–H groups in total. The molecule has 1 fully saturated rings. The first kappa shape index (κ1) is 10.9. The van der Waals surface area contributed by atoms with E-state index in [4.69, 9.17) is 4.74 Å². The van der Waals surface area contributed by atoms with Crippen LogP contribution in [-0.4, -0.2) is 18.3 Å². The number of aromatic hydroxyl groups is 1. The highest BCUT2D eigenvalue weighted by atomic mass is 16.5. The highest BCUT2D eigenvalue weighted by Crippen LogP contribution is 2.38. The molecule has 0 radical (unpaired) electrons. The summed E-state index contributed by atoms with van der Waals surface area (Å²) in [5.74, 6) is 2.79. The fourth-order valence-electron chi connectivity index (χ4n) is 2.53. The van der Waals surface area contributed by atoms with Crippen LogP contribution in [0.3, 0.4) is 0 Å². The molecule has 0 bridgehead atoms. The lowest BCUT2D eigenvalue weighted by Gasteiger charge is -2.16. The van der Waals surface area contributed by atoms with Crippen LogP contribution in [-0.2, 0) is 0 Å². The third-order valence-corrected chi connectivity index (χ3v) is 3.89. The molecule has 17 heavy (non-hydrogen) atoms. The van der Waals surface area contributed by atoms with Gasteiger partial charge in [0.1, 0.15) is 18.1 Å². The molecule has 1 heterocycles. The minimum absolute atomic E-state index is 0.274. The van der Waals surface area contributed by atoms with E-state index in [1.165, 1.54) is 18.4 Å². The van der Waals surface area contributed by atoms with Gasteiger partial charge in [0.2, 0.25) is 0 Å². The predicted octanol–water partition coefficient (Wildman–Crippen LogP) is 2.46. The van der Waals surface area contributed by atoms with Crippen molar-refractivity contribution in [2.24, 2.45) is 11.8 Å². The van der Waals surface area contributed by atoms with Gasteiger partial charge in [-0.3, -0.25) is 0 Å². The predicted molar refractivity (Wildman–Crippen MR) is 66.2 cm³/mol. The van der Waals surface area contributed by atoms with Crippen molar-refractivity contribution in [1.29, 1.82) is 0 Å². The average Bonchev–Trinajstić information content (AvgIpc) is 3.08. The second kappa shape index (κ2) is 4.22. The van der Waals surface area contributed by atoms with Crippen LogP contribution >= 0.6 is 0 Å². The van der Waals surface area contributed by atoms with Crippen LogP contribution in [0.5, 0.6) is 11.5 Å². The van der Waals surface area contributed by atoms with Crippen molar-refractivity contribution in [3.63, 3.8) is 0 Å². The van der Waals surface area contributed by atoms with E-state index in [1.54, 1.807) is 12.1 Å². The summed E-state index contributed by atoms with van der Waals surface area (Å²) in [6.45, 7) is 4.05. The Bertz CT molecular complexity index is 415. The molecule has 2 aliphatic rings. The van der Waals surface area contributed by atoms with E-state index in [-0.39, 0.29) is 11.8 Å². The summed E-state index contributed by atoms with van der Waals surface area (Å²) in [4.78, 5) is 0. The van der Waals surface area contributed by atoms with Crippen LogP contribution in [0.25, 0.3) is 0 Å². The lowest BCUT2D eigenvalue weighted by molar-refractivity contribution is 0.300. The molecule has 0 spiro atoms. The minimum atomic E-state index is 0.274. The van der Waals surface area contributed by atoms with Crippen LogP contribution < -0.4 is 10.1 Å². The van der Waals surface area contributed by atoms with Gasteiger partial charge in [-0.2, -0.15) is 0 Å².